The summed E-state index contributed by atoms with van der Waals surface area (Å²) in [6.07, 6.45) is 1.81. The van der Waals surface area contributed by atoms with Gasteiger partial charge in [0.2, 0.25) is 5.91 Å². The summed E-state index contributed by atoms with van der Waals surface area (Å²) in [5.41, 5.74) is -0.662. The molecule has 6 heteroatoms. The minimum absolute atomic E-state index is 0.0440. The Morgan fingerprint density at radius 2 is 2.24 bits per heavy atom. The number of thioether (sulfide) groups is 1. The van der Waals surface area contributed by atoms with Gasteiger partial charge in [0, 0.05) is 37.1 Å². The van der Waals surface area contributed by atoms with E-state index < -0.39 is 11.4 Å². The number of hydrogen-bond acceptors (Lipinski definition) is 4. The number of rotatable bonds is 5. The molecule has 1 amide bonds. The van der Waals surface area contributed by atoms with E-state index in [0.717, 1.165) is 18.1 Å². The van der Waals surface area contributed by atoms with Crippen molar-refractivity contribution in [1.82, 2.24) is 10.6 Å². The average molecular weight is 258 g/mol. The van der Waals surface area contributed by atoms with Crippen molar-refractivity contribution in [3.63, 3.8) is 0 Å². The maximum Gasteiger partial charge on any atom is 0.311 e. The average Bonchev–Trinajstić information content (AvgIpc) is 3.09. The first-order valence-corrected chi connectivity index (χ1v) is 7.09. The lowest BCUT2D eigenvalue weighted by Crippen LogP contribution is -2.42. The van der Waals surface area contributed by atoms with Crippen molar-refractivity contribution >= 4 is 23.6 Å². The molecular formula is C11H18N2O3S. The zero-order valence-corrected chi connectivity index (χ0v) is 10.5. The van der Waals surface area contributed by atoms with Crippen LogP contribution >= 0.6 is 11.8 Å². The Balaban J connectivity index is 1.69. The van der Waals surface area contributed by atoms with E-state index in [1.54, 1.807) is 0 Å². The fourth-order valence-electron chi connectivity index (χ4n) is 1.93. The first-order chi connectivity index (χ1) is 8.12. The van der Waals surface area contributed by atoms with Gasteiger partial charge in [0.05, 0.1) is 5.41 Å². The van der Waals surface area contributed by atoms with Gasteiger partial charge >= 0.3 is 5.97 Å². The largest absolute Gasteiger partial charge is 0.481 e. The number of carbonyl (C=O) groups is 2. The smallest absolute Gasteiger partial charge is 0.311 e. The third-order valence-corrected chi connectivity index (χ3v) is 4.49. The lowest BCUT2D eigenvalue weighted by atomic mass is 10.1. The number of carboxylic acids is 1. The molecule has 0 spiro atoms. The summed E-state index contributed by atoms with van der Waals surface area (Å²) in [4.78, 5) is 22.6. The molecule has 0 aromatic rings. The molecule has 1 unspecified atom stereocenters. The third kappa shape index (κ3) is 3.35. The van der Waals surface area contributed by atoms with E-state index >= 15 is 0 Å². The van der Waals surface area contributed by atoms with Crippen molar-refractivity contribution in [1.29, 1.82) is 0 Å². The minimum atomic E-state index is -0.788. The van der Waals surface area contributed by atoms with Crippen LogP contribution in [0.1, 0.15) is 19.3 Å². The quantitative estimate of drug-likeness (QED) is 0.650. The molecule has 17 heavy (non-hydrogen) atoms. The van der Waals surface area contributed by atoms with Gasteiger partial charge in [0.15, 0.2) is 0 Å². The normalized spacial score (nSPS) is 26.2. The van der Waals surface area contributed by atoms with Crippen LogP contribution in [0.15, 0.2) is 0 Å². The summed E-state index contributed by atoms with van der Waals surface area (Å²) in [5, 5.41) is 15.0. The lowest BCUT2D eigenvalue weighted by molar-refractivity contribution is -0.143. The van der Waals surface area contributed by atoms with Crippen molar-refractivity contribution in [3.8, 4) is 0 Å². The zero-order chi connectivity index (χ0) is 12.3. The number of aliphatic carboxylic acids is 1. The van der Waals surface area contributed by atoms with Gasteiger partial charge in [0.25, 0.3) is 0 Å². The molecule has 1 aliphatic heterocycles. The third-order valence-electron chi connectivity index (χ3n) is 3.36. The Morgan fingerprint density at radius 3 is 2.76 bits per heavy atom. The molecule has 2 rings (SSSR count). The van der Waals surface area contributed by atoms with E-state index in [4.69, 9.17) is 5.11 Å². The number of carbonyl (C=O) groups excluding carboxylic acids is 1. The van der Waals surface area contributed by atoms with Crippen molar-refractivity contribution in [3.05, 3.63) is 0 Å². The number of hydrogen-bond donors (Lipinski definition) is 3. The Hall–Kier alpha value is -0.750. The van der Waals surface area contributed by atoms with E-state index in [2.05, 4.69) is 10.6 Å². The summed E-state index contributed by atoms with van der Waals surface area (Å²) in [5.74, 6) is 1.22. The van der Waals surface area contributed by atoms with Crippen LogP contribution < -0.4 is 10.6 Å². The Morgan fingerprint density at radius 1 is 1.47 bits per heavy atom. The highest BCUT2D eigenvalue weighted by Crippen LogP contribution is 2.45. The summed E-state index contributed by atoms with van der Waals surface area (Å²) in [7, 11) is 0. The van der Waals surface area contributed by atoms with Crippen LogP contribution in [0.5, 0.6) is 0 Å². The molecule has 1 aliphatic carbocycles. The molecule has 3 N–H and O–H groups in total. The molecule has 1 atom stereocenters. The molecule has 0 bridgehead atoms. The van der Waals surface area contributed by atoms with Gasteiger partial charge in [-0.15, -0.1) is 0 Å². The van der Waals surface area contributed by atoms with E-state index in [0.29, 0.717) is 19.3 Å². The second kappa shape index (κ2) is 5.27. The first-order valence-electron chi connectivity index (χ1n) is 5.94. The molecule has 2 aliphatic rings. The monoisotopic (exact) mass is 258 g/mol. The Labute approximate surface area is 105 Å². The molecular weight excluding hydrogens is 240 g/mol. The van der Waals surface area contributed by atoms with E-state index in [9.17, 15) is 9.59 Å². The van der Waals surface area contributed by atoms with Crippen LogP contribution in [-0.2, 0) is 9.59 Å². The van der Waals surface area contributed by atoms with Gasteiger partial charge < -0.3 is 15.7 Å². The van der Waals surface area contributed by atoms with Gasteiger partial charge in [-0.1, -0.05) is 0 Å². The Bertz CT molecular complexity index is 312. The van der Waals surface area contributed by atoms with E-state index in [1.165, 1.54) is 0 Å². The van der Waals surface area contributed by atoms with Gasteiger partial charge in [-0.2, -0.15) is 11.8 Å². The summed E-state index contributed by atoms with van der Waals surface area (Å²) in [6, 6.07) is 0.230. The van der Waals surface area contributed by atoms with Gasteiger partial charge in [-0.3, -0.25) is 9.59 Å². The molecule has 2 fully saturated rings. The highest BCUT2D eigenvalue weighted by atomic mass is 32.2. The Kier molecular flexibility index (Phi) is 3.93. The minimum Gasteiger partial charge on any atom is -0.481 e. The van der Waals surface area contributed by atoms with Crippen molar-refractivity contribution in [2.24, 2.45) is 5.41 Å². The second-order valence-corrected chi connectivity index (χ2v) is 5.94. The predicted molar refractivity (Wildman–Crippen MR) is 66.0 cm³/mol. The highest BCUT2D eigenvalue weighted by molar-refractivity contribution is 7.99. The van der Waals surface area contributed by atoms with Gasteiger partial charge in [-0.05, 0) is 12.8 Å². The van der Waals surface area contributed by atoms with Crippen LogP contribution in [0, 0.1) is 5.41 Å². The second-order valence-electron chi connectivity index (χ2n) is 4.79. The van der Waals surface area contributed by atoms with E-state index in [-0.39, 0.29) is 18.5 Å². The molecule has 0 aromatic carbocycles. The fourth-order valence-corrected chi connectivity index (χ4v) is 2.88. The van der Waals surface area contributed by atoms with Gasteiger partial charge in [-0.25, -0.2) is 0 Å². The molecule has 0 radical (unpaired) electrons. The van der Waals surface area contributed by atoms with Crippen LogP contribution in [-0.4, -0.2) is 47.6 Å². The molecule has 1 heterocycles. The molecule has 5 nitrogen and oxygen atoms in total. The van der Waals surface area contributed by atoms with Crippen molar-refractivity contribution in [2.75, 3.05) is 24.6 Å². The molecule has 0 aromatic heterocycles. The summed E-state index contributed by atoms with van der Waals surface area (Å²) in [6.45, 7) is 1.22. The predicted octanol–water partition coefficient (Wildman–Crippen LogP) is 0.0625. The fraction of sp³-hybridized carbons (Fsp3) is 0.818. The molecule has 1 saturated heterocycles. The van der Waals surface area contributed by atoms with Crippen LogP contribution in [0.4, 0.5) is 0 Å². The van der Waals surface area contributed by atoms with Crippen LogP contribution in [0.2, 0.25) is 0 Å². The summed E-state index contributed by atoms with van der Waals surface area (Å²) >= 11 is 1.85. The standard InChI is InChI=1S/C11H18N2O3S/c14-9(5-8-6-17-4-3-12-8)13-7-11(1-2-11)10(15)16/h8,12H,1-7H2,(H,13,14)(H,15,16). The van der Waals surface area contributed by atoms with E-state index in [1.807, 2.05) is 11.8 Å². The maximum absolute atomic E-state index is 11.7. The van der Waals surface area contributed by atoms with Gasteiger partial charge in [0.1, 0.15) is 0 Å². The van der Waals surface area contributed by atoms with Crippen LogP contribution in [0.25, 0.3) is 0 Å². The van der Waals surface area contributed by atoms with Crippen molar-refractivity contribution in [2.45, 2.75) is 25.3 Å². The lowest BCUT2D eigenvalue weighted by Gasteiger charge is -2.22. The number of amides is 1. The highest BCUT2D eigenvalue weighted by Gasteiger charge is 2.50. The molecule has 96 valence electrons. The first kappa shape index (κ1) is 12.7. The SMILES string of the molecule is O=C(CC1CSCCN1)NCC1(C(=O)O)CC1. The number of nitrogens with one attached hydrogen (secondary N) is 2. The summed E-state index contributed by atoms with van der Waals surface area (Å²) < 4.78 is 0. The zero-order valence-electron chi connectivity index (χ0n) is 9.70. The number of carboxylic acid groups (broad SMARTS) is 1. The van der Waals surface area contributed by atoms with Crippen LogP contribution in [0.3, 0.4) is 0 Å². The maximum atomic E-state index is 11.7. The topological polar surface area (TPSA) is 78.4 Å². The van der Waals surface area contributed by atoms with Crippen molar-refractivity contribution < 1.29 is 14.7 Å². The molecule has 1 saturated carbocycles.